The molecule has 100 valence electrons. The molecule has 1 aliphatic carbocycles. The Bertz CT molecular complexity index is 280. The molecule has 0 heteroatoms. The zero-order valence-corrected chi connectivity index (χ0v) is 13.2. The molecule has 0 saturated heterocycles. The fraction of sp³-hybridized carbons (Fsp3) is 0.882. The predicted molar refractivity (Wildman–Crippen MR) is 78.0 cm³/mol. The van der Waals surface area contributed by atoms with Gasteiger partial charge in [0.1, 0.15) is 0 Å². The summed E-state index contributed by atoms with van der Waals surface area (Å²) < 4.78 is 0. The van der Waals surface area contributed by atoms with Gasteiger partial charge in [0.15, 0.2) is 0 Å². The van der Waals surface area contributed by atoms with E-state index in [4.69, 9.17) is 0 Å². The van der Waals surface area contributed by atoms with Crippen LogP contribution in [0.25, 0.3) is 0 Å². The molecule has 2 unspecified atom stereocenters. The molecular formula is C17H32. The first-order valence-corrected chi connectivity index (χ1v) is 7.14. The van der Waals surface area contributed by atoms with Crippen molar-refractivity contribution in [2.75, 3.05) is 0 Å². The lowest BCUT2D eigenvalue weighted by molar-refractivity contribution is 0.00404. The zero-order chi connectivity index (χ0) is 13.5. The van der Waals surface area contributed by atoms with Gasteiger partial charge in [0.2, 0.25) is 0 Å². The van der Waals surface area contributed by atoms with E-state index in [9.17, 15) is 0 Å². The molecule has 0 bridgehead atoms. The highest BCUT2D eigenvalue weighted by Gasteiger charge is 2.45. The molecule has 0 spiro atoms. The van der Waals surface area contributed by atoms with E-state index in [0.717, 1.165) is 5.92 Å². The zero-order valence-electron chi connectivity index (χ0n) is 13.2. The SMILES string of the molecule is CC(C)(C)C1CCC=CC1C(C)(C)C(C)(C)C. The van der Waals surface area contributed by atoms with E-state index in [2.05, 4.69) is 67.5 Å². The third-order valence-electron chi connectivity index (χ3n) is 5.30. The van der Waals surface area contributed by atoms with Gasteiger partial charge in [-0.15, -0.1) is 0 Å². The standard InChI is InChI=1S/C17H32/c1-15(2,3)13-11-9-10-12-14(13)17(7,8)16(4,5)6/h10,12-14H,9,11H2,1-8H3. The number of hydrogen-bond donors (Lipinski definition) is 0. The molecular weight excluding hydrogens is 204 g/mol. The molecule has 0 amide bonds. The largest absolute Gasteiger partial charge is 0.0882 e. The molecule has 0 nitrogen and oxygen atoms in total. The summed E-state index contributed by atoms with van der Waals surface area (Å²) in [6.07, 6.45) is 7.52. The molecule has 0 fully saturated rings. The minimum absolute atomic E-state index is 0.349. The molecule has 0 aromatic heterocycles. The van der Waals surface area contributed by atoms with Gasteiger partial charge in [-0.2, -0.15) is 0 Å². The molecule has 0 N–H and O–H groups in total. The van der Waals surface area contributed by atoms with Crippen LogP contribution in [-0.2, 0) is 0 Å². The summed E-state index contributed by atoms with van der Waals surface area (Å²) in [6.45, 7) is 19.3. The molecule has 1 rings (SSSR count). The van der Waals surface area contributed by atoms with E-state index in [-0.39, 0.29) is 0 Å². The van der Waals surface area contributed by atoms with Gasteiger partial charge < -0.3 is 0 Å². The van der Waals surface area contributed by atoms with Crippen molar-refractivity contribution in [3.63, 3.8) is 0 Å². The van der Waals surface area contributed by atoms with Crippen LogP contribution in [0.2, 0.25) is 0 Å². The van der Waals surface area contributed by atoms with Crippen molar-refractivity contribution in [3.05, 3.63) is 12.2 Å². The van der Waals surface area contributed by atoms with Gasteiger partial charge in [-0.3, -0.25) is 0 Å². The quantitative estimate of drug-likeness (QED) is 0.513. The van der Waals surface area contributed by atoms with Gasteiger partial charge in [-0.25, -0.2) is 0 Å². The summed E-state index contributed by atoms with van der Waals surface area (Å²) >= 11 is 0. The molecule has 0 aromatic carbocycles. The molecule has 0 heterocycles. The van der Waals surface area contributed by atoms with Crippen LogP contribution in [-0.4, -0.2) is 0 Å². The lowest BCUT2D eigenvalue weighted by Gasteiger charge is -2.51. The van der Waals surface area contributed by atoms with Gasteiger partial charge in [0, 0.05) is 0 Å². The Labute approximate surface area is 109 Å². The van der Waals surface area contributed by atoms with Crippen molar-refractivity contribution in [2.24, 2.45) is 28.1 Å². The second-order valence-electron chi connectivity index (χ2n) is 8.48. The Balaban J connectivity index is 3.09. The second kappa shape index (κ2) is 4.44. The summed E-state index contributed by atoms with van der Waals surface area (Å²) in [5.74, 6) is 1.51. The molecule has 0 radical (unpaired) electrons. The summed E-state index contributed by atoms with van der Waals surface area (Å²) in [4.78, 5) is 0. The third kappa shape index (κ3) is 2.95. The lowest BCUT2D eigenvalue weighted by atomic mass is 9.53. The summed E-state index contributed by atoms with van der Waals surface area (Å²) in [7, 11) is 0. The van der Waals surface area contributed by atoms with Gasteiger partial charge >= 0.3 is 0 Å². The van der Waals surface area contributed by atoms with E-state index in [0.29, 0.717) is 22.2 Å². The highest BCUT2D eigenvalue weighted by molar-refractivity contribution is 5.07. The summed E-state index contributed by atoms with van der Waals surface area (Å²) in [6, 6.07) is 0. The number of allylic oxidation sites excluding steroid dienone is 2. The van der Waals surface area contributed by atoms with E-state index < -0.39 is 0 Å². The van der Waals surface area contributed by atoms with Gasteiger partial charge in [0.25, 0.3) is 0 Å². The highest BCUT2D eigenvalue weighted by atomic mass is 14.5. The van der Waals surface area contributed by atoms with Gasteiger partial charge in [-0.1, -0.05) is 67.5 Å². The average molecular weight is 236 g/mol. The number of hydrogen-bond acceptors (Lipinski definition) is 0. The second-order valence-corrected chi connectivity index (χ2v) is 8.48. The average Bonchev–Trinajstić information content (AvgIpc) is 2.14. The number of rotatable bonds is 1. The Hall–Kier alpha value is -0.260. The molecule has 1 aliphatic rings. The van der Waals surface area contributed by atoms with Crippen molar-refractivity contribution in [3.8, 4) is 0 Å². The lowest BCUT2D eigenvalue weighted by Crippen LogP contribution is -2.44. The van der Waals surface area contributed by atoms with Crippen LogP contribution >= 0.6 is 0 Å². The van der Waals surface area contributed by atoms with Gasteiger partial charge in [-0.05, 0) is 40.9 Å². The summed E-state index contributed by atoms with van der Waals surface area (Å²) in [5.41, 5.74) is 1.11. The summed E-state index contributed by atoms with van der Waals surface area (Å²) in [5, 5.41) is 0. The van der Waals surface area contributed by atoms with Crippen LogP contribution < -0.4 is 0 Å². The van der Waals surface area contributed by atoms with Crippen molar-refractivity contribution in [2.45, 2.75) is 68.2 Å². The minimum Gasteiger partial charge on any atom is -0.0882 e. The Morgan fingerprint density at radius 2 is 1.41 bits per heavy atom. The van der Waals surface area contributed by atoms with Crippen molar-refractivity contribution >= 4 is 0 Å². The predicted octanol–water partition coefficient (Wildman–Crippen LogP) is 5.69. The maximum Gasteiger partial charge on any atom is -0.0144 e. The maximum absolute atomic E-state index is 2.50. The normalized spacial score (nSPS) is 27.3. The minimum atomic E-state index is 0.349. The smallest absolute Gasteiger partial charge is 0.0144 e. The first kappa shape index (κ1) is 14.8. The molecule has 17 heavy (non-hydrogen) atoms. The molecule has 2 atom stereocenters. The van der Waals surface area contributed by atoms with E-state index >= 15 is 0 Å². The van der Waals surface area contributed by atoms with Crippen LogP contribution in [0.1, 0.15) is 68.2 Å². The van der Waals surface area contributed by atoms with Crippen molar-refractivity contribution in [1.82, 2.24) is 0 Å². The van der Waals surface area contributed by atoms with Crippen molar-refractivity contribution in [1.29, 1.82) is 0 Å². The molecule has 0 aromatic rings. The van der Waals surface area contributed by atoms with Gasteiger partial charge in [0.05, 0.1) is 0 Å². The van der Waals surface area contributed by atoms with E-state index in [1.165, 1.54) is 12.8 Å². The van der Waals surface area contributed by atoms with E-state index in [1.54, 1.807) is 0 Å². The highest BCUT2D eigenvalue weighted by Crippen LogP contribution is 2.53. The first-order valence-electron chi connectivity index (χ1n) is 7.14. The molecule has 0 aliphatic heterocycles. The monoisotopic (exact) mass is 236 g/mol. The first-order chi connectivity index (χ1) is 7.48. The van der Waals surface area contributed by atoms with Crippen LogP contribution in [0.15, 0.2) is 12.2 Å². The van der Waals surface area contributed by atoms with Crippen LogP contribution in [0, 0.1) is 28.1 Å². The van der Waals surface area contributed by atoms with Crippen molar-refractivity contribution < 1.29 is 0 Å². The van der Waals surface area contributed by atoms with Crippen LogP contribution in [0.4, 0.5) is 0 Å². The van der Waals surface area contributed by atoms with E-state index in [1.807, 2.05) is 0 Å². The third-order valence-corrected chi connectivity index (χ3v) is 5.30. The fourth-order valence-electron chi connectivity index (χ4n) is 3.05. The molecule has 0 saturated carbocycles. The Morgan fingerprint density at radius 3 is 1.82 bits per heavy atom. The van der Waals surface area contributed by atoms with Crippen LogP contribution in [0.3, 0.4) is 0 Å². The maximum atomic E-state index is 2.50. The Kier molecular flexibility index (Phi) is 3.87. The fourth-order valence-corrected chi connectivity index (χ4v) is 3.05. The topological polar surface area (TPSA) is 0 Å². The Morgan fingerprint density at radius 1 is 0.882 bits per heavy atom. The van der Waals surface area contributed by atoms with Crippen LogP contribution in [0.5, 0.6) is 0 Å².